The fraction of sp³-hybridized carbons (Fsp3) is 0.750. The van der Waals surface area contributed by atoms with Crippen LogP contribution in [0.15, 0.2) is 12.2 Å². The maximum Gasteiger partial charge on any atom is 0.0134 e. The molecule has 0 aliphatic heterocycles. The molecular formula is C8H18N2. The Bertz CT molecular complexity index is 99.4. The van der Waals surface area contributed by atoms with Gasteiger partial charge in [-0.2, -0.15) is 0 Å². The molecule has 10 heavy (non-hydrogen) atoms. The number of nitrogens with one attached hydrogen (secondary N) is 1. The average Bonchev–Trinajstić information content (AvgIpc) is 1.99. The van der Waals surface area contributed by atoms with Crippen molar-refractivity contribution in [1.29, 1.82) is 0 Å². The van der Waals surface area contributed by atoms with Crippen molar-refractivity contribution in [2.24, 2.45) is 5.73 Å². The number of hydrogen-bond donors (Lipinski definition) is 2. The highest BCUT2D eigenvalue weighted by Crippen LogP contribution is 2.02. The van der Waals surface area contributed by atoms with Crippen LogP contribution >= 0.6 is 0 Å². The summed E-state index contributed by atoms with van der Waals surface area (Å²) < 4.78 is 0. The normalized spacial score (nSPS) is 13.1. The summed E-state index contributed by atoms with van der Waals surface area (Å²) in [6.45, 7) is 6.60. The first-order chi connectivity index (χ1) is 4.70. The van der Waals surface area contributed by atoms with Gasteiger partial charge in [-0.05, 0) is 26.8 Å². The van der Waals surface area contributed by atoms with Gasteiger partial charge >= 0.3 is 0 Å². The van der Waals surface area contributed by atoms with Gasteiger partial charge in [-0.3, -0.25) is 0 Å². The molecule has 3 N–H and O–H groups in total. The molecule has 2 heteroatoms. The van der Waals surface area contributed by atoms with Crippen molar-refractivity contribution in [3.05, 3.63) is 12.2 Å². The third-order valence-electron chi connectivity index (χ3n) is 1.71. The van der Waals surface area contributed by atoms with E-state index in [-0.39, 0.29) is 0 Å². The van der Waals surface area contributed by atoms with Crippen LogP contribution in [0.4, 0.5) is 0 Å². The monoisotopic (exact) mass is 142 g/mol. The van der Waals surface area contributed by atoms with E-state index in [1.54, 1.807) is 0 Å². The van der Waals surface area contributed by atoms with E-state index in [1.165, 1.54) is 0 Å². The maximum absolute atomic E-state index is 5.38. The fourth-order valence-corrected chi connectivity index (χ4v) is 0.667. The second-order valence-corrected chi connectivity index (χ2v) is 2.68. The van der Waals surface area contributed by atoms with E-state index in [0.29, 0.717) is 12.6 Å². The summed E-state index contributed by atoms with van der Waals surface area (Å²) in [5.74, 6) is 0. The van der Waals surface area contributed by atoms with Crippen LogP contribution in [0.1, 0.15) is 19.8 Å². The summed E-state index contributed by atoms with van der Waals surface area (Å²) in [6.07, 6.45) is 2.17. The van der Waals surface area contributed by atoms with Crippen molar-refractivity contribution in [2.45, 2.75) is 25.8 Å². The number of hydrogen-bond acceptors (Lipinski definition) is 2. The average molecular weight is 142 g/mol. The predicted molar refractivity (Wildman–Crippen MR) is 46.0 cm³/mol. The molecular weight excluding hydrogens is 124 g/mol. The molecule has 0 aromatic rings. The van der Waals surface area contributed by atoms with E-state index in [9.17, 15) is 0 Å². The smallest absolute Gasteiger partial charge is 0.0134 e. The number of nitrogens with two attached hydrogens (primary N) is 1. The molecule has 0 aromatic carbocycles. The van der Waals surface area contributed by atoms with Crippen LogP contribution in [-0.2, 0) is 0 Å². The molecule has 0 heterocycles. The van der Waals surface area contributed by atoms with Crippen molar-refractivity contribution in [3.63, 3.8) is 0 Å². The van der Waals surface area contributed by atoms with E-state index in [0.717, 1.165) is 18.4 Å². The van der Waals surface area contributed by atoms with E-state index in [2.05, 4.69) is 18.8 Å². The summed E-state index contributed by atoms with van der Waals surface area (Å²) in [5.41, 5.74) is 6.52. The second kappa shape index (κ2) is 5.45. The third kappa shape index (κ3) is 4.53. The van der Waals surface area contributed by atoms with E-state index in [1.807, 2.05) is 7.05 Å². The van der Waals surface area contributed by atoms with Crippen molar-refractivity contribution in [1.82, 2.24) is 5.32 Å². The molecule has 0 amide bonds. The molecule has 0 aliphatic carbocycles. The van der Waals surface area contributed by atoms with Crippen LogP contribution in [0.3, 0.4) is 0 Å². The zero-order valence-electron chi connectivity index (χ0n) is 6.98. The highest BCUT2D eigenvalue weighted by molar-refractivity contribution is 4.95. The summed E-state index contributed by atoms with van der Waals surface area (Å²) in [6, 6.07) is 0.572. The molecule has 0 aliphatic rings. The lowest BCUT2D eigenvalue weighted by Gasteiger charge is -2.09. The minimum Gasteiger partial charge on any atom is -0.327 e. The molecule has 0 radical (unpaired) electrons. The van der Waals surface area contributed by atoms with E-state index < -0.39 is 0 Å². The van der Waals surface area contributed by atoms with Crippen molar-refractivity contribution >= 4 is 0 Å². The first-order valence-electron chi connectivity index (χ1n) is 3.74. The van der Waals surface area contributed by atoms with Gasteiger partial charge in [0.15, 0.2) is 0 Å². The summed E-state index contributed by atoms with van der Waals surface area (Å²) in [4.78, 5) is 0. The van der Waals surface area contributed by atoms with Crippen LogP contribution < -0.4 is 11.1 Å². The standard InChI is InChI=1S/C8H18N2/c1-7(6-9)4-5-8(2)10-3/h8,10H,1,4-6,9H2,2-3H3. The third-order valence-corrected chi connectivity index (χ3v) is 1.71. The van der Waals surface area contributed by atoms with Crippen molar-refractivity contribution in [2.75, 3.05) is 13.6 Å². The SMILES string of the molecule is C=C(CN)CCC(C)NC. The quantitative estimate of drug-likeness (QED) is 0.559. The van der Waals surface area contributed by atoms with Gasteiger partial charge in [0.2, 0.25) is 0 Å². The zero-order valence-corrected chi connectivity index (χ0v) is 6.98. The molecule has 60 valence electrons. The van der Waals surface area contributed by atoms with Gasteiger partial charge in [0.1, 0.15) is 0 Å². The van der Waals surface area contributed by atoms with Gasteiger partial charge in [0.05, 0.1) is 0 Å². The van der Waals surface area contributed by atoms with Crippen LogP contribution in [0.25, 0.3) is 0 Å². The first-order valence-corrected chi connectivity index (χ1v) is 3.74. The fourth-order valence-electron chi connectivity index (χ4n) is 0.667. The van der Waals surface area contributed by atoms with E-state index in [4.69, 9.17) is 5.73 Å². The molecule has 0 saturated heterocycles. The van der Waals surface area contributed by atoms with Crippen LogP contribution in [0.5, 0.6) is 0 Å². The largest absolute Gasteiger partial charge is 0.327 e. The Morgan fingerprint density at radius 2 is 2.30 bits per heavy atom. The molecule has 0 aromatic heterocycles. The highest BCUT2D eigenvalue weighted by atomic mass is 14.8. The molecule has 2 nitrogen and oxygen atoms in total. The Hall–Kier alpha value is -0.340. The number of rotatable bonds is 5. The van der Waals surface area contributed by atoms with Gasteiger partial charge in [-0.25, -0.2) is 0 Å². The molecule has 0 rings (SSSR count). The minimum atomic E-state index is 0.572. The lowest BCUT2D eigenvalue weighted by atomic mass is 10.1. The Morgan fingerprint density at radius 1 is 1.70 bits per heavy atom. The molecule has 1 unspecified atom stereocenters. The van der Waals surface area contributed by atoms with Crippen molar-refractivity contribution < 1.29 is 0 Å². The highest BCUT2D eigenvalue weighted by Gasteiger charge is 1.97. The van der Waals surface area contributed by atoms with Crippen LogP contribution in [0.2, 0.25) is 0 Å². The van der Waals surface area contributed by atoms with Gasteiger partial charge in [0.25, 0.3) is 0 Å². The van der Waals surface area contributed by atoms with Gasteiger partial charge < -0.3 is 11.1 Å². The minimum absolute atomic E-state index is 0.572. The topological polar surface area (TPSA) is 38.0 Å². The van der Waals surface area contributed by atoms with Crippen LogP contribution in [-0.4, -0.2) is 19.6 Å². The first kappa shape index (κ1) is 9.66. The Labute approximate surface area is 63.5 Å². The zero-order chi connectivity index (χ0) is 7.98. The second-order valence-electron chi connectivity index (χ2n) is 2.68. The maximum atomic E-state index is 5.38. The molecule has 0 spiro atoms. The van der Waals surface area contributed by atoms with E-state index >= 15 is 0 Å². The van der Waals surface area contributed by atoms with Crippen LogP contribution in [0, 0.1) is 0 Å². The lowest BCUT2D eigenvalue weighted by molar-refractivity contribution is 0.562. The molecule has 0 bridgehead atoms. The lowest BCUT2D eigenvalue weighted by Crippen LogP contribution is -2.21. The molecule has 1 atom stereocenters. The summed E-state index contributed by atoms with van der Waals surface area (Å²) in [5, 5.41) is 3.16. The molecule has 0 saturated carbocycles. The molecule has 0 fully saturated rings. The van der Waals surface area contributed by atoms with Gasteiger partial charge in [-0.1, -0.05) is 12.2 Å². The Kier molecular flexibility index (Phi) is 5.26. The Morgan fingerprint density at radius 3 is 2.70 bits per heavy atom. The Balaban J connectivity index is 3.26. The summed E-state index contributed by atoms with van der Waals surface area (Å²) in [7, 11) is 1.97. The van der Waals surface area contributed by atoms with Crippen molar-refractivity contribution in [3.8, 4) is 0 Å². The van der Waals surface area contributed by atoms with Gasteiger partial charge in [-0.15, -0.1) is 0 Å². The van der Waals surface area contributed by atoms with Gasteiger partial charge in [0, 0.05) is 12.6 Å². The predicted octanol–water partition coefficient (Wildman–Crippen LogP) is 0.889. The summed E-state index contributed by atoms with van der Waals surface area (Å²) >= 11 is 0.